The van der Waals surface area contributed by atoms with Crippen molar-refractivity contribution in [2.45, 2.75) is 36.6 Å². The number of halogens is 1. The summed E-state index contributed by atoms with van der Waals surface area (Å²) in [7, 11) is 0. The van der Waals surface area contributed by atoms with Gasteiger partial charge in [-0.05, 0) is 29.8 Å². The van der Waals surface area contributed by atoms with Crippen molar-refractivity contribution in [2.24, 2.45) is 5.92 Å². The molecule has 3 aromatic rings. The average Bonchev–Trinajstić information content (AvgIpc) is 3.50. The fourth-order valence-corrected chi connectivity index (χ4v) is 4.91. The molecule has 2 fully saturated rings. The lowest BCUT2D eigenvalue weighted by molar-refractivity contribution is -0.366. The van der Waals surface area contributed by atoms with Gasteiger partial charge in [-0.15, -0.1) is 0 Å². The van der Waals surface area contributed by atoms with E-state index in [-0.39, 0.29) is 5.56 Å². The first-order valence-corrected chi connectivity index (χ1v) is 10.7. The molecule has 3 N–H and O–H groups in total. The fourth-order valence-electron chi connectivity index (χ4n) is 4.91. The quantitative estimate of drug-likeness (QED) is 0.518. The van der Waals surface area contributed by atoms with E-state index in [0.29, 0.717) is 11.3 Å². The highest BCUT2D eigenvalue weighted by atomic mass is 19.1. The van der Waals surface area contributed by atoms with E-state index in [9.17, 15) is 19.4 Å². The lowest BCUT2D eigenvalue weighted by atomic mass is 9.74. The number of anilines is 1. The number of ether oxygens (including phenoxy) is 2. The van der Waals surface area contributed by atoms with E-state index >= 15 is 0 Å². The first-order valence-electron chi connectivity index (χ1n) is 10.7. The number of hydrogen-bond donors (Lipinski definition) is 3. The second-order valence-electron chi connectivity index (χ2n) is 8.75. The minimum absolute atomic E-state index is 0.152. The molecule has 3 aromatic carbocycles. The zero-order valence-electron chi connectivity index (χ0n) is 18.2. The van der Waals surface area contributed by atoms with Crippen molar-refractivity contribution >= 4 is 11.6 Å². The van der Waals surface area contributed by atoms with Crippen molar-refractivity contribution in [1.29, 1.82) is 0 Å². The summed E-state index contributed by atoms with van der Waals surface area (Å²) in [5.74, 6) is -6.30. The van der Waals surface area contributed by atoms with Gasteiger partial charge in [0.05, 0.1) is 0 Å². The Labute approximate surface area is 190 Å². The summed E-state index contributed by atoms with van der Waals surface area (Å²) in [4.78, 5) is 13.8. The number of aliphatic hydroxyl groups is 2. The molecule has 0 bridgehead atoms. The minimum Gasteiger partial charge on any atom is -0.362 e. The monoisotopic (exact) mass is 449 g/mol. The minimum atomic E-state index is -2.28. The predicted octanol–water partition coefficient (Wildman–Crippen LogP) is 3.65. The van der Waals surface area contributed by atoms with Crippen LogP contribution < -0.4 is 5.32 Å². The molecule has 6 nitrogen and oxygen atoms in total. The summed E-state index contributed by atoms with van der Waals surface area (Å²) in [5, 5.41) is 26.6. The van der Waals surface area contributed by atoms with Crippen molar-refractivity contribution in [3.8, 4) is 0 Å². The molecular weight excluding hydrogens is 425 g/mol. The van der Waals surface area contributed by atoms with E-state index in [2.05, 4.69) is 5.32 Å². The number of rotatable bonds is 5. The van der Waals surface area contributed by atoms with E-state index in [1.54, 1.807) is 68.4 Å². The van der Waals surface area contributed by atoms with Crippen LogP contribution >= 0.6 is 0 Å². The standard InChI is InChI=1S/C26H24FNO5/c1-17(2)25(30)24(22(29)28-21-11-7-4-8-12-21)23(32-24,18-9-5-3-6-10-18)26(31,33-25)19-13-15-20(27)16-14-19/h3-17,30-31H,1-2H3,(H,28,29)/t23-,24+,25+,26-/m1/s1. The van der Waals surface area contributed by atoms with Crippen LogP contribution in [0.15, 0.2) is 84.9 Å². The van der Waals surface area contributed by atoms with Crippen LogP contribution in [-0.4, -0.2) is 27.5 Å². The van der Waals surface area contributed by atoms with Gasteiger partial charge in [0.2, 0.25) is 17.2 Å². The largest absolute Gasteiger partial charge is 0.362 e. The number of carbonyl (C=O) groups is 1. The molecule has 33 heavy (non-hydrogen) atoms. The Morgan fingerprint density at radius 3 is 2.00 bits per heavy atom. The highest BCUT2D eigenvalue weighted by Crippen LogP contribution is 2.76. The Hall–Kier alpha value is -3.10. The van der Waals surface area contributed by atoms with Crippen LogP contribution in [0.2, 0.25) is 0 Å². The van der Waals surface area contributed by atoms with Crippen LogP contribution in [-0.2, 0) is 25.7 Å². The Bertz CT molecular complexity index is 1190. The summed E-state index contributed by atoms with van der Waals surface area (Å²) in [6.45, 7) is 3.34. The number of hydrogen-bond acceptors (Lipinski definition) is 5. The molecule has 170 valence electrons. The number of amides is 1. The van der Waals surface area contributed by atoms with Crippen molar-refractivity contribution in [3.63, 3.8) is 0 Å². The van der Waals surface area contributed by atoms with Gasteiger partial charge in [-0.3, -0.25) is 4.79 Å². The first-order chi connectivity index (χ1) is 15.7. The molecule has 0 saturated carbocycles. The van der Waals surface area contributed by atoms with Crippen molar-refractivity contribution in [3.05, 3.63) is 102 Å². The van der Waals surface area contributed by atoms with Crippen molar-refractivity contribution in [1.82, 2.24) is 0 Å². The maximum Gasteiger partial charge on any atom is 0.266 e. The summed E-state index contributed by atoms with van der Waals surface area (Å²) in [6, 6.07) is 22.5. The van der Waals surface area contributed by atoms with E-state index in [4.69, 9.17) is 9.47 Å². The number of carbonyl (C=O) groups excluding carboxylic acids is 1. The van der Waals surface area contributed by atoms with Gasteiger partial charge in [0, 0.05) is 17.2 Å². The zero-order chi connectivity index (χ0) is 23.5. The average molecular weight is 449 g/mol. The van der Waals surface area contributed by atoms with Crippen LogP contribution in [0.3, 0.4) is 0 Å². The third-order valence-corrected chi connectivity index (χ3v) is 6.60. The maximum atomic E-state index is 13.8. The highest BCUT2D eigenvalue weighted by Gasteiger charge is 2.97. The summed E-state index contributed by atoms with van der Waals surface area (Å²) in [5.41, 5.74) is -2.67. The van der Waals surface area contributed by atoms with Gasteiger partial charge < -0.3 is 25.0 Å². The second kappa shape index (κ2) is 7.20. The van der Waals surface area contributed by atoms with Gasteiger partial charge in [-0.2, -0.15) is 0 Å². The molecule has 0 spiro atoms. The first kappa shape index (κ1) is 21.7. The molecule has 0 aromatic heterocycles. The highest BCUT2D eigenvalue weighted by molar-refractivity contribution is 6.02. The van der Waals surface area contributed by atoms with Crippen molar-refractivity contribution in [2.75, 3.05) is 5.32 Å². The van der Waals surface area contributed by atoms with Gasteiger partial charge in [0.25, 0.3) is 5.91 Å². The summed E-state index contributed by atoms with van der Waals surface area (Å²) in [6.07, 6.45) is 0. The number of para-hydroxylation sites is 1. The Morgan fingerprint density at radius 1 is 0.848 bits per heavy atom. The molecule has 0 aliphatic carbocycles. The van der Waals surface area contributed by atoms with E-state index < -0.39 is 40.4 Å². The van der Waals surface area contributed by atoms with Crippen LogP contribution in [0.5, 0.6) is 0 Å². The Kier molecular flexibility index (Phi) is 4.74. The molecule has 2 aliphatic heterocycles. The normalized spacial score (nSPS) is 32.4. The third-order valence-electron chi connectivity index (χ3n) is 6.60. The number of fused-ring (bicyclic) bond motifs is 1. The van der Waals surface area contributed by atoms with Gasteiger partial charge in [-0.1, -0.05) is 74.5 Å². The Balaban J connectivity index is 1.73. The number of epoxide rings is 1. The van der Waals surface area contributed by atoms with E-state index in [0.717, 1.165) is 0 Å². The Morgan fingerprint density at radius 2 is 1.42 bits per heavy atom. The topological polar surface area (TPSA) is 91.3 Å². The third kappa shape index (κ3) is 2.71. The molecular formula is C26H24FNO5. The number of benzene rings is 3. The zero-order valence-corrected chi connectivity index (χ0v) is 18.2. The second-order valence-corrected chi connectivity index (χ2v) is 8.75. The number of nitrogens with one attached hydrogen (secondary N) is 1. The molecule has 7 heteroatoms. The van der Waals surface area contributed by atoms with Gasteiger partial charge in [-0.25, -0.2) is 4.39 Å². The van der Waals surface area contributed by atoms with E-state index in [1.807, 2.05) is 6.07 Å². The van der Waals surface area contributed by atoms with E-state index in [1.165, 1.54) is 24.3 Å². The SMILES string of the molecule is CC(C)[C@]1(O)O[C@](O)(c2ccc(F)cc2)[C@]2(c3ccccc3)O[C@@]21C(=O)Nc1ccccc1. The van der Waals surface area contributed by atoms with Crippen LogP contribution in [0, 0.1) is 11.7 Å². The molecule has 2 saturated heterocycles. The molecule has 4 atom stereocenters. The lowest BCUT2D eigenvalue weighted by Gasteiger charge is -2.37. The molecule has 2 aliphatic rings. The van der Waals surface area contributed by atoms with Crippen LogP contribution in [0.1, 0.15) is 25.0 Å². The summed E-state index contributed by atoms with van der Waals surface area (Å²) >= 11 is 0. The summed E-state index contributed by atoms with van der Waals surface area (Å²) < 4.78 is 25.9. The smallest absolute Gasteiger partial charge is 0.266 e. The molecule has 2 heterocycles. The molecule has 1 amide bonds. The fraction of sp³-hybridized carbons (Fsp3) is 0.269. The van der Waals surface area contributed by atoms with Gasteiger partial charge in [0.15, 0.2) is 5.60 Å². The molecule has 0 radical (unpaired) electrons. The lowest BCUT2D eigenvalue weighted by Crippen LogP contribution is -2.56. The van der Waals surface area contributed by atoms with Crippen LogP contribution in [0.25, 0.3) is 0 Å². The maximum absolute atomic E-state index is 13.8. The van der Waals surface area contributed by atoms with Gasteiger partial charge in [0.1, 0.15) is 5.82 Å². The van der Waals surface area contributed by atoms with Crippen LogP contribution in [0.4, 0.5) is 10.1 Å². The predicted molar refractivity (Wildman–Crippen MR) is 118 cm³/mol. The molecule has 5 rings (SSSR count). The molecule has 0 unspecified atom stereocenters. The van der Waals surface area contributed by atoms with Crippen molar-refractivity contribution < 1.29 is 28.9 Å². The van der Waals surface area contributed by atoms with Gasteiger partial charge >= 0.3 is 0 Å².